The highest BCUT2D eigenvalue weighted by Gasteiger charge is 2.24. The molecule has 0 aliphatic rings. The molecular weight excluding hydrogens is 376 g/mol. The first-order valence-corrected chi connectivity index (χ1v) is 9.71. The minimum Gasteiger partial charge on any atom is -0.383 e. The number of nitrogens with zero attached hydrogens (tertiary/aromatic N) is 3. The Morgan fingerprint density at radius 3 is 2.76 bits per heavy atom. The van der Waals surface area contributed by atoms with Crippen LogP contribution in [0.3, 0.4) is 0 Å². The van der Waals surface area contributed by atoms with E-state index in [-0.39, 0.29) is 0 Å². The highest BCUT2D eigenvalue weighted by molar-refractivity contribution is 7.20. The maximum absolute atomic E-state index is 10.6. The van der Waals surface area contributed by atoms with Crippen molar-refractivity contribution in [1.29, 1.82) is 0 Å². The summed E-state index contributed by atoms with van der Waals surface area (Å²) in [5, 5.41) is 21.6. The van der Waals surface area contributed by atoms with Crippen LogP contribution >= 0.6 is 34.3 Å². The monoisotopic (exact) mass is 390 g/mol. The number of aliphatic hydroxyl groups is 1. The minimum absolute atomic E-state index is 0.383. The fourth-order valence-electron chi connectivity index (χ4n) is 2.45. The quantitative estimate of drug-likeness (QED) is 0.527. The van der Waals surface area contributed by atoms with Crippen LogP contribution in [-0.2, 0) is 5.60 Å². The largest absolute Gasteiger partial charge is 0.383 e. The molecule has 128 valence electrons. The first kappa shape index (κ1) is 16.5. The van der Waals surface area contributed by atoms with Gasteiger partial charge in [0.1, 0.15) is 5.60 Å². The Morgan fingerprint density at radius 1 is 1.28 bits per heavy atom. The second-order valence-electron chi connectivity index (χ2n) is 5.87. The van der Waals surface area contributed by atoms with Gasteiger partial charge in [-0.25, -0.2) is 9.50 Å². The SMILES string of the molecule is CC(O)(CNc1nn2cc(-c3ccc(Cl)cc3)nc2s1)c1cccs1. The molecule has 0 aliphatic carbocycles. The number of fused-ring (bicyclic) bond motifs is 1. The number of aromatic nitrogens is 3. The lowest BCUT2D eigenvalue weighted by Gasteiger charge is -2.21. The van der Waals surface area contributed by atoms with Gasteiger partial charge in [-0.2, -0.15) is 0 Å². The van der Waals surface area contributed by atoms with Crippen LogP contribution in [0.1, 0.15) is 11.8 Å². The number of thiophene rings is 1. The van der Waals surface area contributed by atoms with Gasteiger partial charge in [-0.05, 0) is 30.5 Å². The van der Waals surface area contributed by atoms with E-state index in [4.69, 9.17) is 11.6 Å². The normalized spacial score (nSPS) is 13.9. The zero-order chi connectivity index (χ0) is 17.4. The van der Waals surface area contributed by atoms with Crippen LogP contribution in [0.2, 0.25) is 5.02 Å². The molecule has 0 aliphatic heterocycles. The van der Waals surface area contributed by atoms with Crippen LogP contribution in [0.5, 0.6) is 0 Å². The molecule has 5 nitrogen and oxygen atoms in total. The average Bonchev–Trinajstić information content (AvgIpc) is 3.30. The fourth-order valence-corrected chi connectivity index (χ4v) is 4.14. The number of rotatable bonds is 5. The predicted octanol–water partition coefficient (Wildman–Crippen LogP) is 4.49. The summed E-state index contributed by atoms with van der Waals surface area (Å²) in [4.78, 5) is 6.32. The maximum atomic E-state index is 10.6. The van der Waals surface area contributed by atoms with Gasteiger partial charge in [0.2, 0.25) is 10.1 Å². The van der Waals surface area contributed by atoms with E-state index < -0.39 is 5.60 Å². The molecule has 25 heavy (non-hydrogen) atoms. The molecular formula is C17H15ClN4OS2. The molecule has 0 fully saturated rings. The van der Waals surface area contributed by atoms with Gasteiger partial charge < -0.3 is 10.4 Å². The number of nitrogens with one attached hydrogen (secondary N) is 1. The summed E-state index contributed by atoms with van der Waals surface area (Å²) >= 11 is 8.91. The van der Waals surface area contributed by atoms with Gasteiger partial charge in [0.25, 0.3) is 0 Å². The Kier molecular flexibility index (Phi) is 4.24. The van der Waals surface area contributed by atoms with Crippen molar-refractivity contribution in [2.75, 3.05) is 11.9 Å². The van der Waals surface area contributed by atoms with Crippen molar-refractivity contribution in [2.45, 2.75) is 12.5 Å². The van der Waals surface area contributed by atoms with E-state index in [1.54, 1.807) is 11.4 Å². The van der Waals surface area contributed by atoms with Crippen molar-refractivity contribution in [3.8, 4) is 11.3 Å². The third-order valence-electron chi connectivity index (χ3n) is 3.82. The average molecular weight is 391 g/mol. The summed E-state index contributed by atoms with van der Waals surface area (Å²) < 4.78 is 1.75. The van der Waals surface area contributed by atoms with E-state index >= 15 is 0 Å². The summed E-state index contributed by atoms with van der Waals surface area (Å²) in [6.07, 6.45) is 1.89. The van der Waals surface area contributed by atoms with Gasteiger partial charge in [0.15, 0.2) is 0 Å². The molecule has 0 amide bonds. The van der Waals surface area contributed by atoms with E-state index in [9.17, 15) is 5.11 Å². The third-order valence-corrected chi connectivity index (χ3v) is 6.07. The zero-order valence-corrected chi connectivity index (χ0v) is 15.7. The fraction of sp³-hybridized carbons (Fsp3) is 0.176. The van der Waals surface area contributed by atoms with E-state index in [2.05, 4.69) is 15.4 Å². The van der Waals surface area contributed by atoms with Crippen LogP contribution < -0.4 is 5.32 Å². The Hall–Kier alpha value is -1.93. The zero-order valence-electron chi connectivity index (χ0n) is 13.3. The number of hydrogen-bond donors (Lipinski definition) is 2. The molecule has 4 rings (SSSR count). The van der Waals surface area contributed by atoms with Crippen molar-refractivity contribution in [3.05, 3.63) is 57.9 Å². The van der Waals surface area contributed by atoms with Gasteiger partial charge in [-0.15, -0.1) is 16.4 Å². The van der Waals surface area contributed by atoms with Crippen LogP contribution in [0.4, 0.5) is 5.13 Å². The molecule has 2 N–H and O–H groups in total. The van der Waals surface area contributed by atoms with Gasteiger partial charge >= 0.3 is 0 Å². The standard InChI is InChI=1S/C17H15ClN4OS2/c1-17(23,14-3-2-8-24-14)10-19-15-21-22-9-13(20-16(22)25-15)11-4-6-12(18)7-5-11/h2-9,23H,10H2,1H3,(H,19,21). The topological polar surface area (TPSA) is 62.5 Å². The number of halogens is 1. The number of benzene rings is 1. The molecule has 1 unspecified atom stereocenters. The molecule has 1 aromatic carbocycles. The third kappa shape index (κ3) is 3.41. The summed E-state index contributed by atoms with van der Waals surface area (Å²) in [5.74, 6) is 0. The smallest absolute Gasteiger partial charge is 0.214 e. The first-order valence-electron chi connectivity index (χ1n) is 7.64. The highest BCUT2D eigenvalue weighted by Crippen LogP contribution is 2.28. The van der Waals surface area contributed by atoms with Crippen LogP contribution in [0.25, 0.3) is 16.2 Å². The molecule has 0 bridgehead atoms. The second kappa shape index (κ2) is 6.42. The predicted molar refractivity (Wildman–Crippen MR) is 104 cm³/mol. The lowest BCUT2D eigenvalue weighted by molar-refractivity contribution is 0.0754. The summed E-state index contributed by atoms with van der Waals surface area (Å²) in [6.45, 7) is 2.18. The van der Waals surface area contributed by atoms with Crippen LogP contribution in [0, 0.1) is 0 Å². The van der Waals surface area contributed by atoms with Crippen molar-refractivity contribution in [3.63, 3.8) is 0 Å². The number of imidazole rings is 1. The first-order chi connectivity index (χ1) is 12.0. The number of anilines is 1. The van der Waals surface area contributed by atoms with Crippen LogP contribution in [0.15, 0.2) is 48.0 Å². The van der Waals surface area contributed by atoms with E-state index in [0.717, 1.165) is 26.2 Å². The molecule has 0 saturated carbocycles. The Labute approximate surface area is 157 Å². The van der Waals surface area contributed by atoms with Crippen molar-refractivity contribution >= 4 is 44.4 Å². The molecule has 0 saturated heterocycles. The summed E-state index contributed by atoms with van der Waals surface area (Å²) in [5.41, 5.74) is 0.918. The van der Waals surface area contributed by atoms with Crippen molar-refractivity contribution < 1.29 is 5.11 Å². The van der Waals surface area contributed by atoms with Gasteiger partial charge in [0, 0.05) is 15.5 Å². The maximum Gasteiger partial charge on any atom is 0.214 e. The Balaban J connectivity index is 1.51. The van der Waals surface area contributed by atoms with Crippen molar-refractivity contribution in [1.82, 2.24) is 14.6 Å². The summed E-state index contributed by atoms with van der Waals surface area (Å²) in [7, 11) is 0. The Bertz CT molecular complexity index is 958. The highest BCUT2D eigenvalue weighted by atomic mass is 35.5. The van der Waals surface area contributed by atoms with E-state index in [0.29, 0.717) is 11.6 Å². The molecule has 0 radical (unpaired) electrons. The lowest BCUT2D eigenvalue weighted by Crippen LogP contribution is -2.29. The Morgan fingerprint density at radius 2 is 2.08 bits per heavy atom. The van der Waals surface area contributed by atoms with Crippen LogP contribution in [-0.4, -0.2) is 26.2 Å². The molecule has 8 heteroatoms. The van der Waals surface area contributed by atoms with Gasteiger partial charge in [-0.1, -0.05) is 41.1 Å². The molecule has 0 spiro atoms. The van der Waals surface area contributed by atoms with Gasteiger partial charge in [0.05, 0.1) is 18.4 Å². The molecule has 3 heterocycles. The molecule has 1 atom stereocenters. The van der Waals surface area contributed by atoms with Gasteiger partial charge in [-0.3, -0.25) is 0 Å². The number of hydrogen-bond acceptors (Lipinski definition) is 6. The minimum atomic E-state index is -0.934. The molecule has 3 aromatic heterocycles. The summed E-state index contributed by atoms with van der Waals surface area (Å²) in [6, 6.07) is 11.4. The van der Waals surface area contributed by atoms with Crippen molar-refractivity contribution in [2.24, 2.45) is 0 Å². The second-order valence-corrected chi connectivity index (χ2v) is 8.21. The van der Waals surface area contributed by atoms with E-state index in [1.807, 2.05) is 48.0 Å². The lowest BCUT2D eigenvalue weighted by atomic mass is 10.1. The molecule has 4 aromatic rings. The van der Waals surface area contributed by atoms with E-state index in [1.165, 1.54) is 22.7 Å².